The second kappa shape index (κ2) is 15.0. The van der Waals surface area contributed by atoms with Crippen LogP contribution in [0.5, 0.6) is 0 Å². The maximum atomic E-state index is 13.3. The fraction of sp³-hybridized carbons (Fsp3) is 0.317. The number of aliphatic hydroxyl groups is 1. The Balaban J connectivity index is 0.958. The highest BCUT2D eigenvalue weighted by Crippen LogP contribution is 2.40. The quantitative estimate of drug-likeness (QED) is 0.178. The number of rotatable bonds is 10. The zero-order valence-corrected chi connectivity index (χ0v) is 30.1. The fourth-order valence-electron chi connectivity index (χ4n) is 7.80. The van der Waals surface area contributed by atoms with Gasteiger partial charge in [0, 0.05) is 55.4 Å². The largest absolute Gasteiger partial charge is 0.392 e. The molecule has 12 heteroatoms. The molecule has 3 saturated heterocycles. The smallest absolute Gasteiger partial charge is 0.247 e. The van der Waals surface area contributed by atoms with Gasteiger partial charge in [0.2, 0.25) is 15.9 Å². The maximum absolute atomic E-state index is 13.3. The Hall–Kier alpha value is -4.69. The maximum Gasteiger partial charge on any atom is 0.247 e. The lowest BCUT2D eigenvalue weighted by atomic mass is 9.85. The molecule has 1 spiro atoms. The molecule has 4 heterocycles. The van der Waals surface area contributed by atoms with Crippen LogP contribution in [-0.2, 0) is 37.4 Å². The van der Waals surface area contributed by atoms with Crippen LogP contribution >= 0.6 is 0 Å². The van der Waals surface area contributed by atoms with Gasteiger partial charge in [0.25, 0.3) is 0 Å². The molecule has 0 radical (unpaired) electrons. The number of pyridine rings is 1. The van der Waals surface area contributed by atoms with E-state index in [1.165, 1.54) is 0 Å². The predicted molar refractivity (Wildman–Crippen MR) is 201 cm³/mol. The van der Waals surface area contributed by atoms with Gasteiger partial charge in [-0.3, -0.25) is 9.78 Å². The summed E-state index contributed by atoms with van der Waals surface area (Å²) in [5.41, 5.74) is 4.38. The number of ether oxygens (including phenoxy) is 2. The monoisotopic (exact) mass is 733 g/mol. The number of nitrogens with zero attached hydrogens (tertiary/aromatic N) is 3. The van der Waals surface area contributed by atoms with E-state index in [0.717, 1.165) is 46.4 Å². The van der Waals surface area contributed by atoms with E-state index in [0.29, 0.717) is 38.0 Å². The van der Waals surface area contributed by atoms with Crippen molar-refractivity contribution in [2.75, 3.05) is 31.2 Å². The summed E-state index contributed by atoms with van der Waals surface area (Å²) >= 11 is 0. The van der Waals surface area contributed by atoms with Gasteiger partial charge in [-0.15, -0.1) is 0 Å². The summed E-state index contributed by atoms with van der Waals surface area (Å²) in [4.78, 5) is 22.3. The normalized spacial score (nSPS) is 21.9. The standard InChI is InChI=1S/C41H43N5O6S/c47-27-30-13-15-31(16-14-30)36-24-35(26-45-22-19-41(20-23-45)40(48)43-28-46(41)34-8-2-1-3-9-34)51-39(52-36)33-17-11-29(12-18-33)25-44-53(49,50)37-10-4-6-32-7-5-21-42-38(32)37/h1-18,21,35-36,39,44,47H,19-20,22-28H2,(H,43,48)/t35-,36+,39?/m0/s1. The average Bonchev–Trinajstić information content (AvgIpc) is 3.52. The fourth-order valence-corrected chi connectivity index (χ4v) is 9.00. The van der Waals surface area contributed by atoms with Crippen LogP contribution in [0.3, 0.4) is 0 Å². The van der Waals surface area contributed by atoms with Gasteiger partial charge in [-0.2, -0.15) is 0 Å². The number of para-hydroxylation sites is 2. The molecule has 0 aliphatic carbocycles. The van der Waals surface area contributed by atoms with Crippen LogP contribution in [0, 0.1) is 0 Å². The van der Waals surface area contributed by atoms with Crippen LogP contribution in [0.25, 0.3) is 10.9 Å². The van der Waals surface area contributed by atoms with Gasteiger partial charge in [0.15, 0.2) is 6.29 Å². The SMILES string of the molecule is O=C1NCN(c2ccccc2)C12CCN(C[C@@H]1C[C@H](c3ccc(CO)cc3)OC(c3ccc(CNS(=O)(=O)c4cccc5cccnc45)cc3)O1)CC2. The number of carbonyl (C=O) groups excluding carboxylic acids is 1. The molecular weight excluding hydrogens is 691 g/mol. The summed E-state index contributed by atoms with van der Waals surface area (Å²) in [7, 11) is -3.81. The Morgan fingerprint density at radius 3 is 2.32 bits per heavy atom. The van der Waals surface area contributed by atoms with Crippen molar-refractivity contribution in [3.05, 3.63) is 138 Å². The van der Waals surface area contributed by atoms with Crippen LogP contribution in [-0.4, -0.2) is 67.3 Å². The van der Waals surface area contributed by atoms with Crippen molar-refractivity contribution in [3.8, 4) is 0 Å². The third-order valence-electron chi connectivity index (χ3n) is 10.8. The number of sulfonamides is 1. The van der Waals surface area contributed by atoms with E-state index in [2.05, 4.69) is 37.0 Å². The lowest BCUT2D eigenvalue weighted by molar-refractivity contribution is -0.253. The minimum atomic E-state index is -3.81. The van der Waals surface area contributed by atoms with Crippen molar-refractivity contribution < 1.29 is 27.8 Å². The highest BCUT2D eigenvalue weighted by Gasteiger charge is 2.50. The van der Waals surface area contributed by atoms with E-state index in [-0.39, 0.29) is 36.2 Å². The molecule has 4 aromatic carbocycles. The number of aromatic nitrogens is 1. The Kier molecular flexibility index (Phi) is 9.99. The lowest BCUT2D eigenvalue weighted by Crippen LogP contribution is -2.57. The minimum absolute atomic E-state index is 0.0301. The van der Waals surface area contributed by atoms with Gasteiger partial charge >= 0.3 is 0 Å². The highest BCUT2D eigenvalue weighted by atomic mass is 32.2. The number of hydrogen-bond acceptors (Lipinski definition) is 9. The molecule has 0 saturated carbocycles. The van der Waals surface area contributed by atoms with E-state index in [9.17, 15) is 18.3 Å². The topological polar surface area (TPSA) is 133 Å². The molecule has 3 aliphatic heterocycles. The first-order chi connectivity index (χ1) is 25.8. The van der Waals surface area contributed by atoms with Crippen molar-refractivity contribution in [2.45, 2.75) is 61.3 Å². The van der Waals surface area contributed by atoms with Crippen molar-refractivity contribution in [1.82, 2.24) is 19.9 Å². The molecule has 3 N–H and O–H groups in total. The summed E-state index contributed by atoms with van der Waals surface area (Å²) in [5.74, 6) is 0.0941. The molecule has 53 heavy (non-hydrogen) atoms. The summed E-state index contributed by atoms with van der Waals surface area (Å²) in [6.07, 6.45) is 2.64. The van der Waals surface area contributed by atoms with Gasteiger partial charge in [-0.25, -0.2) is 13.1 Å². The molecule has 3 aliphatic rings. The van der Waals surface area contributed by atoms with Crippen molar-refractivity contribution in [2.24, 2.45) is 0 Å². The minimum Gasteiger partial charge on any atom is -0.392 e. The molecule has 11 nitrogen and oxygen atoms in total. The molecule has 1 aromatic heterocycles. The second-order valence-electron chi connectivity index (χ2n) is 14.0. The van der Waals surface area contributed by atoms with Crippen LogP contribution in [0.1, 0.15) is 53.9 Å². The first-order valence-corrected chi connectivity index (χ1v) is 19.6. The summed E-state index contributed by atoms with van der Waals surface area (Å²) < 4.78 is 42.5. The van der Waals surface area contributed by atoms with E-state index >= 15 is 0 Å². The molecule has 1 amide bonds. The van der Waals surface area contributed by atoms with E-state index < -0.39 is 21.9 Å². The van der Waals surface area contributed by atoms with Crippen molar-refractivity contribution >= 4 is 32.5 Å². The van der Waals surface area contributed by atoms with Gasteiger partial charge in [0.1, 0.15) is 10.4 Å². The molecular formula is C41H43N5O6S. The summed E-state index contributed by atoms with van der Waals surface area (Å²) in [6, 6.07) is 34.3. The molecule has 1 unspecified atom stereocenters. The predicted octanol–water partition coefficient (Wildman–Crippen LogP) is 5.18. The van der Waals surface area contributed by atoms with Crippen molar-refractivity contribution in [1.29, 1.82) is 0 Å². The number of amides is 1. The van der Waals surface area contributed by atoms with Gasteiger partial charge in [-0.1, -0.05) is 84.9 Å². The van der Waals surface area contributed by atoms with E-state index in [4.69, 9.17) is 9.47 Å². The molecule has 5 aromatic rings. The van der Waals surface area contributed by atoms with E-state index in [1.807, 2.05) is 78.9 Å². The van der Waals surface area contributed by atoms with Crippen LogP contribution in [0.2, 0.25) is 0 Å². The van der Waals surface area contributed by atoms with E-state index in [1.54, 1.807) is 24.4 Å². The number of fused-ring (bicyclic) bond motifs is 1. The summed E-state index contributed by atoms with van der Waals surface area (Å²) in [6.45, 7) is 2.80. The van der Waals surface area contributed by atoms with Crippen molar-refractivity contribution in [3.63, 3.8) is 0 Å². The first kappa shape index (κ1) is 35.3. The Morgan fingerprint density at radius 1 is 0.849 bits per heavy atom. The highest BCUT2D eigenvalue weighted by molar-refractivity contribution is 7.89. The van der Waals surface area contributed by atoms with Gasteiger partial charge < -0.3 is 29.7 Å². The number of carbonyl (C=O) groups is 1. The number of nitrogens with one attached hydrogen (secondary N) is 2. The Labute approximate surface area is 309 Å². The van der Waals surface area contributed by atoms with Gasteiger partial charge in [-0.05, 0) is 53.8 Å². The number of piperidine rings is 1. The first-order valence-electron chi connectivity index (χ1n) is 18.1. The Bertz CT molecular complexity index is 2150. The van der Waals surface area contributed by atoms with Crippen LogP contribution in [0.4, 0.5) is 5.69 Å². The summed E-state index contributed by atoms with van der Waals surface area (Å²) in [5, 5.41) is 13.5. The lowest BCUT2D eigenvalue weighted by Gasteiger charge is -2.45. The zero-order chi connectivity index (χ0) is 36.4. The van der Waals surface area contributed by atoms with Gasteiger partial charge in [0.05, 0.1) is 31.0 Å². The Morgan fingerprint density at radius 2 is 1.57 bits per heavy atom. The number of anilines is 1. The number of hydrogen-bond donors (Lipinski definition) is 3. The zero-order valence-electron chi connectivity index (χ0n) is 29.3. The number of aliphatic hydroxyl groups excluding tert-OH is 1. The molecule has 3 atom stereocenters. The molecule has 3 fully saturated rings. The number of benzene rings is 4. The van der Waals surface area contributed by atoms with Crippen LogP contribution in [0.15, 0.2) is 120 Å². The third kappa shape index (κ3) is 7.30. The average molecular weight is 734 g/mol. The van der Waals surface area contributed by atoms with Crippen LogP contribution < -0.4 is 14.9 Å². The second-order valence-corrected chi connectivity index (χ2v) is 15.7. The number of likely N-dealkylation sites (tertiary alicyclic amines) is 1. The molecule has 0 bridgehead atoms. The molecule has 8 rings (SSSR count). The third-order valence-corrected chi connectivity index (χ3v) is 12.2. The molecule has 274 valence electrons.